The highest BCUT2D eigenvalue weighted by Gasteiger charge is 2.50. The first kappa shape index (κ1) is 21.4. The fraction of sp³-hybridized carbons (Fsp3) is 0.500. The summed E-state index contributed by atoms with van der Waals surface area (Å²) in [4.78, 5) is 17.7. The molecule has 0 aliphatic carbocycles. The summed E-state index contributed by atoms with van der Waals surface area (Å²) in [5.74, 6) is 1.11. The molecule has 0 aromatic heterocycles. The lowest BCUT2D eigenvalue weighted by molar-refractivity contribution is -0.128. The zero-order chi connectivity index (χ0) is 22.0. The fourth-order valence-electron chi connectivity index (χ4n) is 5.32. The second kappa shape index (κ2) is 9.22. The van der Waals surface area contributed by atoms with Crippen LogP contribution >= 0.6 is 0 Å². The van der Waals surface area contributed by atoms with Crippen molar-refractivity contribution in [1.29, 1.82) is 0 Å². The third kappa shape index (κ3) is 4.27. The van der Waals surface area contributed by atoms with Crippen LogP contribution in [0.25, 0.3) is 0 Å². The number of anilines is 1. The molecule has 2 unspecified atom stereocenters. The molecule has 2 aromatic rings. The van der Waals surface area contributed by atoms with E-state index in [0.29, 0.717) is 13.0 Å². The number of para-hydroxylation sites is 1. The number of methoxy groups -OCH3 is 1. The number of ether oxygens (including phenoxy) is 3. The van der Waals surface area contributed by atoms with Gasteiger partial charge in [-0.15, -0.1) is 0 Å². The maximum Gasteiger partial charge on any atom is 0.162 e. The quantitative estimate of drug-likeness (QED) is 0.665. The van der Waals surface area contributed by atoms with Crippen molar-refractivity contribution in [2.45, 2.75) is 30.9 Å². The number of Topliss-reactive ketones (excluding diaryl/α,β-unsaturated/α-hetero) is 1. The Hall–Kier alpha value is -2.41. The number of carbonyl (C=O) groups is 1. The molecule has 0 radical (unpaired) electrons. The molecule has 2 saturated heterocycles. The molecule has 2 fully saturated rings. The monoisotopic (exact) mass is 436 g/mol. The Morgan fingerprint density at radius 1 is 1.12 bits per heavy atom. The molecular formula is C26H32N2O4. The minimum absolute atomic E-state index is 0.109. The van der Waals surface area contributed by atoms with Crippen molar-refractivity contribution in [2.75, 3.05) is 58.0 Å². The molecule has 2 aromatic carbocycles. The smallest absolute Gasteiger partial charge is 0.162 e. The van der Waals surface area contributed by atoms with Crippen molar-refractivity contribution in [1.82, 2.24) is 4.90 Å². The molecule has 3 heterocycles. The van der Waals surface area contributed by atoms with Crippen LogP contribution < -0.4 is 9.64 Å². The van der Waals surface area contributed by atoms with Crippen molar-refractivity contribution in [3.63, 3.8) is 0 Å². The third-order valence-electron chi connectivity index (χ3n) is 7.12. The minimum atomic E-state index is -0.301. The van der Waals surface area contributed by atoms with Gasteiger partial charge in [-0.25, -0.2) is 0 Å². The Labute approximate surface area is 190 Å². The lowest BCUT2D eigenvalue weighted by Gasteiger charge is -2.26. The lowest BCUT2D eigenvalue weighted by atomic mass is 9.79. The topological polar surface area (TPSA) is 51.2 Å². The molecule has 2 atom stereocenters. The second-order valence-corrected chi connectivity index (χ2v) is 9.18. The van der Waals surface area contributed by atoms with E-state index in [1.165, 1.54) is 16.8 Å². The fourth-order valence-corrected chi connectivity index (χ4v) is 5.32. The van der Waals surface area contributed by atoms with Crippen LogP contribution in [0.1, 0.15) is 24.0 Å². The highest BCUT2D eigenvalue weighted by molar-refractivity contribution is 5.84. The molecule has 0 N–H and O–H groups in total. The third-order valence-corrected chi connectivity index (χ3v) is 7.12. The van der Waals surface area contributed by atoms with E-state index in [9.17, 15) is 4.79 Å². The van der Waals surface area contributed by atoms with Crippen LogP contribution in [0.4, 0.5) is 5.69 Å². The Kier molecular flexibility index (Phi) is 6.17. The van der Waals surface area contributed by atoms with E-state index in [4.69, 9.17) is 14.2 Å². The van der Waals surface area contributed by atoms with Crippen molar-refractivity contribution < 1.29 is 19.0 Å². The van der Waals surface area contributed by atoms with Crippen molar-refractivity contribution >= 4 is 11.5 Å². The maximum atomic E-state index is 13.0. The van der Waals surface area contributed by atoms with Gasteiger partial charge in [-0.2, -0.15) is 0 Å². The van der Waals surface area contributed by atoms with Gasteiger partial charge in [0.05, 0.1) is 26.9 Å². The van der Waals surface area contributed by atoms with Crippen LogP contribution in [0, 0.1) is 0 Å². The first-order valence-electron chi connectivity index (χ1n) is 11.6. The van der Waals surface area contributed by atoms with E-state index in [1.807, 2.05) is 12.1 Å². The highest BCUT2D eigenvalue weighted by Crippen LogP contribution is 2.48. The van der Waals surface area contributed by atoms with Crippen molar-refractivity contribution in [3.05, 3.63) is 59.7 Å². The normalized spacial score (nSPS) is 25.3. The van der Waals surface area contributed by atoms with Gasteiger partial charge in [0.15, 0.2) is 5.78 Å². The van der Waals surface area contributed by atoms with Gasteiger partial charge in [0.2, 0.25) is 0 Å². The summed E-state index contributed by atoms with van der Waals surface area (Å²) in [5, 5.41) is 0. The SMILES string of the molecule is COc1ccc(CN2CC3(COC(C(=O)CCN4CCOCC4)C3)c3ccccc32)cc1. The Balaban J connectivity index is 1.26. The minimum Gasteiger partial charge on any atom is -0.497 e. The molecule has 5 rings (SSSR count). The summed E-state index contributed by atoms with van der Waals surface area (Å²) in [6, 6.07) is 16.9. The summed E-state index contributed by atoms with van der Waals surface area (Å²) in [6.07, 6.45) is 1.02. The Morgan fingerprint density at radius 2 is 1.91 bits per heavy atom. The first-order chi connectivity index (χ1) is 15.7. The molecule has 32 heavy (non-hydrogen) atoms. The largest absolute Gasteiger partial charge is 0.497 e. The number of hydrogen-bond acceptors (Lipinski definition) is 6. The standard InChI is InChI=1S/C26H32N2O4/c1-30-21-8-6-20(7-9-21)17-28-18-26(22-4-2-3-5-23(22)28)16-25(32-19-26)24(29)10-11-27-12-14-31-15-13-27/h2-9,25H,10-19H2,1H3. The van der Waals surface area contributed by atoms with E-state index in [2.05, 4.69) is 46.2 Å². The van der Waals surface area contributed by atoms with Crippen LogP contribution in [0.15, 0.2) is 48.5 Å². The molecule has 0 bridgehead atoms. The molecule has 6 heteroatoms. The number of morpholine rings is 1. The van der Waals surface area contributed by atoms with E-state index < -0.39 is 0 Å². The number of rotatable bonds is 7. The van der Waals surface area contributed by atoms with Gasteiger partial charge in [-0.05, 0) is 35.7 Å². The van der Waals surface area contributed by atoms with Gasteiger partial charge < -0.3 is 19.1 Å². The summed E-state index contributed by atoms with van der Waals surface area (Å²) < 4.78 is 16.8. The van der Waals surface area contributed by atoms with E-state index in [0.717, 1.165) is 58.1 Å². The van der Waals surface area contributed by atoms with Crippen LogP contribution in [0.3, 0.4) is 0 Å². The van der Waals surface area contributed by atoms with Gasteiger partial charge >= 0.3 is 0 Å². The molecule has 0 amide bonds. The van der Waals surface area contributed by atoms with Crippen LogP contribution in [-0.4, -0.2) is 69.9 Å². The average Bonchev–Trinajstić information content (AvgIpc) is 3.41. The molecule has 3 aliphatic heterocycles. The predicted molar refractivity (Wildman–Crippen MR) is 123 cm³/mol. The summed E-state index contributed by atoms with van der Waals surface area (Å²) >= 11 is 0. The van der Waals surface area contributed by atoms with Crippen LogP contribution in [-0.2, 0) is 26.2 Å². The zero-order valence-electron chi connectivity index (χ0n) is 18.8. The van der Waals surface area contributed by atoms with Gasteiger partial charge in [0.25, 0.3) is 0 Å². The summed E-state index contributed by atoms with van der Waals surface area (Å²) in [6.45, 7) is 6.47. The maximum absolute atomic E-state index is 13.0. The summed E-state index contributed by atoms with van der Waals surface area (Å²) in [5.41, 5.74) is 3.71. The molecule has 3 aliphatic rings. The average molecular weight is 437 g/mol. The Bertz CT molecular complexity index is 941. The van der Waals surface area contributed by atoms with Crippen LogP contribution in [0.5, 0.6) is 5.75 Å². The zero-order valence-corrected chi connectivity index (χ0v) is 18.8. The number of fused-ring (bicyclic) bond motifs is 2. The number of benzene rings is 2. The van der Waals surface area contributed by atoms with E-state index in [1.54, 1.807) is 7.11 Å². The number of nitrogens with zero attached hydrogens (tertiary/aromatic N) is 2. The van der Waals surface area contributed by atoms with Gasteiger partial charge in [0.1, 0.15) is 11.9 Å². The number of hydrogen-bond donors (Lipinski definition) is 0. The number of ketones is 1. The van der Waals surface area contributed by atoms with Crippen molar-refractivity contribution in [3.8, 4) is 5.75 Å². The summed E-state index contributed by atoms with van der Waals surface area (Å²) in [7, 11) is 1.69. The molecule has 6 nitrogen and oxygen atoms in total. The van der Waals surface area contributed by atoms with Gasteiger partial charge in [-0.1, -0.05) is 30.3 Å². The van der Waals surface area contributed by atoms with E-state index >= 15 is 0 Å². The van der Waals surface area contributed by atoms with Crippen LogP contribution in [0.2, 0.25) is 0 Å². The molecular weight excluding hydrogens is 404 g/mol. The Morgan fingerprint density at radius 3 is 2.69 bits per heavy atom. The van der Waals surface area contributed by atoms with Gasteiger partial charge in [-0.3, -0.25) is 9.69 Å². The predicted octanol–water partition coefficient (Wildman–Crippen LogP) is 3.03. The van der Waals surface area contributed by atoms with E-state index in [-0.39, 0.29) is 17.3 Å². The second-order valence-electron chi connectivity index (χ2n) is 9.18. The first-order valence-corrected chi connectivity index (χ1v) is 11.6. The highest BCUT2D eigenvalue weighted by atomic mass is 16.5. The molecule has 1 spiro atoms. The molecule has 0 saturated carbocycles. The lowest BCUT2D eigenvalue weighted by Crippen LogP contribution is -2.38. The molecule has 170 valence electrons. The number of carbonyl (C=O) groups excluding carboxylic acids is 1. The van der Waals surface area contributed by atoms with Crippen molar-refractivity contribution in [2.24, 2.45) is 0 Å². The van der Waals surface area contributed by atoms with Gasteiger partial charge in [0, 0.05) is 50.2 Å².